The van der Waals surface area contributed by atoms with Crippen molar-refractivity contribution in [2.24, 2.45) is 5.73 Å². The molecule has 0 aromatic heterocycles. The molecule has 0 aliphatic carbocycles. The molecule has 3 nitrogen and oxygen atoms in total. The fourth-order valence-corrected chi connectivity index (χ4v) is 1.52. The molecule has 0 bridgehead atoms. The van der Waals surface area contributed by atoms with Gasteiger partial charge in [0.2, 0.25) is 0 Å². The van der Waals surface area contributed by atoms with Crippen molar-refractivity contribution in [3.8, 4) is 0 Å². The van der Waals surface area contributed by atoms with Gasteiger partial charge in [0.25, 0.3) is 0 Å². The molecule has 126 valence electrons. The molecule has 0 saturated carbocycles. The first kappa shape index (κ1) is 20.5. The SMILES string of the molecule is CCOC(=O)C(F)(F)[C@@H](N)c1ccc(F)c(C(F)(F)F)c1.Cl. The Hall–Kier alpha value is -1.48. The minimum absolute atomic E-state index is 0. The van der Waals surface area contributed by atoms with Gasteiger partial charge in [-0.15, -0.1) is 12.4 Å². The standard InChI is InChI=1S/C12H11F6NO2.ClH/c1-2-21-10(20)11(14,15)9(19)6-3-4-8(13)7(5-6)12(16,17)18;/h3-5,9H,2,19H2,1H3;1H/t9-;/m0./s1. The maximum Gasteiger partial charge on any atom is 0.419 e. The Labute approximate surface area is 127 Å². The van der Waals surface area contributed by atoms with E-state index in [-0.39, 0.29) is 25.1 Å². The van der Waals surface area contributed by atoms with Crippen molar-refractivity contribution >= 4 is 18.4 Å². The summed E-state index contributed by atoms with van der Waals surface area (Å²) in [6, 6.07) is -1.23. The Bertz CT molecular complexity index is 535. The van der Waals surface area contributed by atoms with E-state index in [1.807, 2.05) is 0 Å². The van der Waals surface area contributed by atoms with Crippen molar-refractivity contribution < 1.29 is 35.9 Å². The summed E-state index contributed by atoms with van der Waals surface area (Å²) >= 11 is 0. The number of carbonyl (C=O) groups excluding carboxylic acids is 1. The average molecular weight is 352 g/mol. The number of halogens is 7. The molecular weight excluding hydrogens is 340 g/mol. The molecule has 0 heterocycles. The van der Waals surface area contributed by atoms with Crippen LogP contribution in [0.5, 0.6) is 0 Å². The number of carbonyl (C=O) groups is 1. The summed E-state index contributed by atoms with van der Waals surface area (Å²) in [5.74, 6) is -7.83. The van der Waals surface area contributed by atoms with Crippen molar-refractivity contribution in [2.45, 2.75) is 25.1 Å². The van der Waals surface area contributed by atoms with Gasteiger partial charge >= 0.3 is 18.1 Å². The molecule has 1 atom stereocenters. The fourth-order valence-electron chi connectivity index (χ4n) is 1.52. The van der Waals surface area contributed by atoms with Gasteiger partial charge in [-0.25, -0.2) is 9.18 Å². The number of hydrogen-bond acceptors (Lipinski definition) is 3. The van der Waals surface area contributed by atoms with E-state index in [0.717, 1.165) is 0 Å². The zero-order valence-corrected chi connectivity index (χ0v) is 11.9. The normalized spacial score (nSPS) is 13.3. The van der Waals surface area contributed by atoms with Crippen molar-refractivity contribution in [1.29, 1.82) is 0 Å². The molecule has 0 aliphatic rings. The molecule has 10 heteroatoms. The van der Waals surface area contributed by atoms with Crippen molar-refractivity contribution in [3.05, 3.63) is 35.1 Å². The maximum absolute atomic E-state index is 13.6. The number of hydrogen-bond donors (Lipinski definition) is 1. The Morgan fingerprint density at radius 3 is 2.27 bits per heavy atom. The highest BCUT2D eigenvalue weighted by Crippen LogP contribution is 2.36. The van der Waals surface area contributed by atoms with Gasteiger partial charge in [-0.3, -0.25) is 0 Å². The van der Waals surface area contributed by atoms with Crippen LogP contribution < -0.4 is 5.73 Å². The smallest absolute Gasteiger partial charge is 0.419 e. The highest BCUT2D eigenvalue weighted by atomic mass is 35.5. The summed E-state index contributed by atoms with van der Waals surface area (Å²) in [6.07, 6.45) is -5.07. The number of esters is 1. The first-order valence-electron chi connectivity index (χ1n) is 5.69. The molecule has 1 aromatic carbocycles. The summed E-state index contributed by atoms with van der Waals surface area (Å²) in [7, 11) is 0. The Morgan fingerprint density at radius 2 is 1.82 bits per heavy atom. The van der Waals surface area contributed by atoms with Crippen molar-refractivity contribution in [1.82, 2.24) is 0 Å². The van der Waals surface area contributed by atoms with E-state index in [4.69, 9.17) is 5.73 Å². The van der Waals surface area contributed by atoms with Gasteiger partial charge in [0.15, 0.2) is 0 Å². The van der Waals surface area contributed by atoms with Gasteiger partial charge in [0.05, 0.1) is 12.2 Å². The average Bonchev–Trinajstić information content (AvgIpc) is 2.37. The second-order valence-corrected chi connectivity index (χ2v) is 4.06. The van der Waals surface area contributed by atoms with Gasteiger partial charge in [-0.2, -0.15) is 22.0 Å². The molecular formula is C12H12ClF6NO2. The molecule has 0 fully saturated rings. The molecule has 0 spiro atoms. The molecule has 0 aliphatic heterocycles. The molecule has 0 amide bonds. The van der Waals surface area contributed by atoms with Crippen LogP contribution in [0.15, 0.2) is 18.2 Å². The van der Waals surface area contributed by atoms with Crippen LogP contribution >= 0.6 is 12.4 Å². The van der Waals surface area contributed by atoms with Crippen LogP contribution in [-0.4, -0.2) is 18.5 Å². The van der Waals surface area contributed by atoms with Gasteiger partial charge in [0.1, 0.15) is 11.9 Å². The summed E-state index contributed by atoms with van der Waals surface area (Å²) in [5, 5.41) is 0. The first-order valence-corrected chi connectivity index (χ1v) is 5.69. The highest BCUT2D eigenvalue weighted by Gasteiger charge is 2.48. The van der Waals surface area contributed by atoms with Gasteiger partial charge in [-0.05, 0) is 24.6 Å². The van der Waals surface area contributed by atoms with Crippen LogP contribution in [0.25, 0.3) is 0 Å². The Morgan fingerprint density at radius 1 is 1.27 bits per heavy atom. The predicted octanol–water partition coefficient (Wildman–Crippen LogP) is 3.46. The second kappa shape index (κ2) is 7.19. The van der Waals surface area contributed by atoms with Crippen molar-refractivity contribution in [3.63, 3.8) is 0 Å². The quantitative estimate of drug-likeness (QED) is 0.667. The zero-order valence-electron chi connectivity index (χ0n) is 11.1. The third kappa shape index (κ3) is 4.26. The highest BCUT2D eigenvalue weighted by molar-refractivity contribution is 5.85. The number of benzene rings is 1. The Kier molecular flexibility index (Phi) is 6.70. The van der Waals surface area contributed by atoms with E-state index in [1.165, 1.54) is 6.92 Å². The largest absolute Gasteiger partial charge is 0.462 e. The fraction of sp³-hybridized carbons (Fsp3) is 0.417. The van der Waals surface area contributed by atoms with Crippen LogP contribution in [0.1, 0.15) is 24.1 Å². The minimum Gasteiger partial charge on any atom is -0.462 e. The third-order valence-electron chi connectivity index (χ3n) is 2.59. The van der Waals surface area contributed by atoms with E-state index in [0.29, 0.717) is 12.1 Å². The maximum atomic E-state index is 13.6. The van der Waals surface area contributed by atoms with E-state index in [2.05, 4.69) is 4.74 Å². The number of rotatable bonds is 4. The summed E-state index contributed by atoms with van der Waals surface area (Å²) < 4.78 is 82.0. The molecule has 2 N–H and O–H groups in total. The van der Waals surface area contributed by atoms with E-state index >= 15 is 0 Å². The topological polar surface area (TPSA) is 52.3 Å². The molecule has 0 unspecified atom stereocenters. The number of nitrogens with two attached hydrogens (primary N) is 1. The molecule has 22 heavy (non-hydrogen) atoms. The van der Waals surface area contributed by atoms with Crippen molar-refractivity contribution in [2.75, 3.05) is 6.61 Å². The van der Waals surface area contributed by atoms with Gasteiger partial charge in [0, 0.05) is 0 Å². The first-order chi connectivity index (χ1) is 9.51. The van der Waals surface area contributed by atoms with Crippen LogP contribution in [0.3, 0.4) is 0 Å². The van der Waals surface area contributed by atoms with Gasteiger partial charge < -0.3 is 10.5 Å². The van der Waals surface area contributed by atoms with E-state index < -0.39 is 41.1 Å². The summed E-state index contributed by atoms with van der Waals surface area (Å²) in [5.41, 5.74) is 2.65. The second-order valence-electron chi connectivity index (χ2n) is 4.06. The van der Waals surface area contributed by atoms with Crippen LogP contribution in [0.4, 0.5) is 26.3 Å². The lowest BCUT2D eigenvalue weighted by molar-refractivity contribution is -0.174. The lowest BCUT2D eigenvalue weighted by Gasteiger charge is -2.22. The molecule has 0 radical (unpaired) electrons. The molecule has 0 saturated heterocycles. The lowest BCUT2D eigenvalue weighted by Crippen LogP contribution is -2.41. The minimum atomic E-state index is -5.07. The number of ether oxygens (including phenoxy) is 1. The van der Waals surface area contributed by atoms with Crippen LogP contribution in [-0.2, 0) is 15.7 Å². The molecule has 1 aromatic rings. The molecule has 1 rings (SSSR count). The monoisotopic (exact) mass is 351 g/mol. The van der Waals surface area contributed by atoms with E-state index in [9.17, 15) is 31.1 Å². The lowest BCUT2D eigenvalue weighted by atomic mass is 9.99. The predicted molar refractivity (Wildman–Crippen MR) is 67.2 cm³/mol. The summed E-state index contributed by atoms with van der Waals surface area (Å²) in [4.78, 5) is 11.1. The number of alkyl halides is 5. The Balaban J connectivity index is 0.00000441. The zero-order chi connectivity index (χ0) is 16.4. The van der Waals surface area contributed by atoms with Crippen LogP contribution in [0, 0.1) is 5.82 Å². The summed E-state index contributed by atoms with van der Waals surface area (Å²) in [6.45, 7) is 0.928. The van der Waals surface area contributed by atoms with Crippen LogP contribution in [0.2, 0.25) is 0 Å². The third-order valence-corrected chi connectivity index (χ3v) is 2.59. The van der Waals surface area contributed by atoms with E-state index in [1.54, 1.807) is 0 Å². The van der Waals surface area contributed by atoms with Gasteiger partial charge in [-0.1, -0.05) is 6.07 Å².